The van der Waals surface area contributed by atoms with Crippen molar-refractivity contribution in [1.29, 1.82) is 0 Å². The summed E-state index contributed by atoms with van der Waals surface area (Å²) in [6.45, 7) is 13.2. The molecular weight excluding hydrogens is 412 g/mol. The minimum absolute atomic E-state index is 0.672. The molecule has 2 heterocycles. The fourth-order valence-electron chi connectivity index (χ4n) is 4.33. The van der Waals surface area contributed by atoms with Crippen molar-refractivity contribution in [2.45, 2.75) is 27.3 Å². The topological polar surface area (TPSA) is 34.8 Å². The van der Waals surface area contributed by atoms with E-state index in [0.717, 1.165) is 50.9 Å². The van der Waals surface area contributed by atoms with Crippen molar-refractivity contribution in [1.82, 2.24) is 4.90 Å². The Bertz CT molecular complexity index is 1030. The molecule has 3 aromatic rings. The van der Waals surface area contributed by atoms with Crippen molar-refractivity contribution in [2.24, 2.45) is 0 Å². The lowest BCUT2D eigenvalue weighted by Gasteiger charge is -2.25. The van der Waals surface area contributed by atoms with E-state index in [-0.39, 0.29) is 0 Å². The number of aromatic nitrogens is 1. The highest BCUT2D eigenvalue weighted by molar-refractivity contribution is 5.70. The van der Waals surface area contributed by atoms with Crippen LogP contribution in [0.25, 0.3) is 22.4 Å². The average Bonchev–Trinajstić information content (AvgIpc) is 2.85. The maximum Gasteiger partial charge on any atom is 0.213 e. The van der Waals surface area contributed by atoms with E-state index < -0.39 is 0 Å². The van der Waals surface area contributed by atoms with Crippen LogP contribution >= 0.6 is 0 Å². The van der Waals surface area contributed by atoms with Crippen LogP contribution in [0.15, 0.2) is 60.7 Å². The van der Waals surface area contributed by atoms with Gasteiger partial charge in [-0.1, -0.05) is 12.1 Å². The number of rotatable bonds is 9. The molecule has 0 spiro atoms. The first-order chi connectivity index (χ1) is 16.2. The fourth-order valence-corrected chi connectivity index (χ4v) is 4.33. The summed E-state index contributed by atoms with van der Waals surface area (Å²) in [4.78, 5) is 2.48. The first-order valence-electron chi connectivity index (χ1n) is 12.0. The molecular formula is C28H35N2O3+. The Labute approximate surface area is 197 Å². The molecule has 0 atom stereocenters. The minimum Gasteiger partial charge on any atom is -0.494 e. The van der Waals surface area contributed by atoms with Crippen LogP contribution in [0, 0.1) is 6.92 Å². The van der Waals surface area contributed by atoms with Gasteiger partial charge < -0.3 is 14.2 Å². The van der Waals surface area contributed by atoms with Crippen LogP contribution < -0.4 is 14.0 Å². The van der Waals surface area contributed by atoms with Gasteiger partial charge in [0, 0.05) is 37.7 Å². The van der Waals surface area contributed by atoms with Gasteiger partial charge in [-0.3, -0.25) is 4.90 Å². The summed E-state index contributed by atoms with van der Waals surface area (Å²) < 4.78 is 19.2. The van der Waals surface area contributed by atoms with Crippen molar-refractivity contribution in [2.75, 3.05) is 46.1 Å². The Hall–Kier alpha value is -2.89. The molecule has 1 aliphatic rings. The number of hydrogen-bond donors (Lipinski definition) is 0. The summed E-state index contributed by atoms with van der Waals surface area (Å²) >= 11 is 0. The average molecular weight is 448 g/mol. The van der Waals surface area contributed by atoms with Gasteiger partial charge in [-0.25, -0.2) is 0 Å². The van der Waals surface area contributed by atoms with Crippen LogP contribution in [-0.4, -0.2) is 51.0 Å². The highest BCUT2D eigenvalue weighted by Gasteiger charge is 2.21. The molecule has 1 aromatic heterocycles. The Balaban J connectivity index is 1.68. The van der Waals surface area contributed by atoms with Crippen molar-refractivity contribution in [3.63, 3.8) is 0 Å². The SMILES string of the molecule is CCOc1ccc(-c2cc(C)[n+](CCN3CCOCC3)c(-c3ccc(OCC)cc3)c2)cc1. The van der Waals surface area contributed by atoms with E-state index in [1.807, 2.05) is 26.0 Å². The fraction of sp³-hybridized carbons (Fsp3) is 0.393. The van der Waals surface area contributed by atoms with Crippen molar-refractivity contribution in [3.05, 3.63) is 66.4 Å². The molecule has 1 fully saturated rings. The largest absolute Gasteiger partial charge is 0.494 e. The molecule has 174 valence electrons. The first-order valence-corrected chi connectivity index (χ1v) is 12.0. The Morgan fingerprint density at radius 1 is 0.788 bits per heavy atom. The molecule has 1 saturated heterocycles. The van der Waals surface area contributed by atoms with E-state index in [4.69, 9.17) is 14.2 Å². The molecule has 0 N–H and O–H groups in total. The smallest absolute Gasteiger partial charge is 0.213 e. The second kappa shape index (κ2) is 11.3. The zero-order valence-electron chi connectivity index (χ0n) is 20.0. The normalized spacial score (nSPS) is 14.3. The molecule has 0 saturated carbocycles. The van der Waals surface area contributed by atoms with Gasteiger partial charge in [-0.05, 0) is 61.4 Å². The van der Waals surface area contributed by atoms with E-state index >= 15 is 0 Å². The standard InChI is InChI=1S/C28H35N2O3/c1-4-32-26-10-6-23(7-11-26)25-20-22(3)30(15-14-29-16-18-31-19-17-29)28(21-25)24-8-12-27(13-9-24)33-5-2/h6-13,20-21H,4-5,14-19H2,1-3H3/q+1. The second-order valence-electron chi connectivity index (χ2n) is 8.29. The highest BCUT2D eigenvalue weighted by atomic mass is 16.5. The summed E-state index contributed by atoms with van der Waals surface area (Å²) in [5, 5.41) is 0. The van der Waals surface area contributed by atoms with E-state index in [2.05, 4.69) is 64.9 Å². The predicted molar refractivity (Wildman–Crippen MR) is 132 cm³/mol. The van der Waals surface area contributed by atoms with E-state index in [1.165, 1.54) is 28.1 Å². The van der Waals surface area contributed by atoms with E-state index in [1.54, 1.807) is 0 Å². The van der Waals surface area contributed by atoms with Crippen molar-refractivity contribution in [3.8, 4) is 33.9 Å². The van der Waals surface area contributed by atoms with Gasteiger partial charge >= 0.3 is 0 Å². The van der Waals surface area contributed by atoms with E-state index in [9.17, 15) is 0 Å². The molecule has 5 heteroatoms. The third kappa shape index (κ3) is 5.92. The molecule has 0 aliphatic carbocycles. The first kappa shape index (κ1) is 23.3. The van der Waals surface area contributed by atoms with Crippen LogP contribution in [0.1, 0.15) is 19.5 Å². The number of aryl methyl sites for hydroxylation is 1. The number of morpholine rings is 1. The highest BCUT2D eigenvalue weighted by Crippen LogP contribution is 2.28. The number of hydrogen-bond acceptors (Lipinski definition) is 4. The maximum absolute atomic E-state index is 5.66. The molecule has 2 aromatic carbocycles. The van der Waals surface area contributed by atoms with Gasteiger partial charge in [-0.15, -0.1) is 0 Å². The number of pyridine rings is 1. The van der Waals surface area contributed by atoms with Gasteiger partial charge in [0.25, 0.3) is 0 Å². The van der Waals surface area contributed by atoms with Gasteiger partial charge in [-0.2, -0.15) is 4.57 Å². The summed E-state index contributed by atoms with van der Waals surface area (Å²) in [5.74, 6) is 1.81. The zero-order chi connectivity index (χ0) is 23.0. The molecule has 4 rings (SSSR count). The lowest BCUT2D eigenvalue weighted by atomic mass is 10.0. The lowest BCUT2D eigenvalue weighted by Crippen LogP contribution is -2.47. The van der Waals surface area contributed by atoms with Crippen molar-refractivity contribution < 1.29 is 18.8 Å². The molecule has 0 amide bonds. The Morgan fingerprint density at radius 2 is 1.36 bits per heavy atom. The summed E-state index contributed by atoms with van der Waals surface area (Å²) in [6.07, 6.45) is 0. The summed E-state index contributed by atoms with van der Waals surface area (Å²) in [5.41, 5.74) is 6.06. The number of nitrogens with zero attached hydrogens (tertiary/aromatic N) is 2. The van der Waals surface area contributed by atoms with Gasteiger partial charge in [0.1, 0.15) is 11.5 Å². The molecule has 5 nitrogen and oxygen atoms in total. The Kier molecular flexibility index (Phi) is 7.97. The van der Waals surface area contributed by atoms with Crippen LogP contribution in [0.3, 0.4) is 0 Å². The Morgan fingerprint density at radius 3 is 1.94 bits per heavy atom. The van der Waals surface area contributed by atoms with E-state index in [0.29, 0.717) is 13.2 Å². The van der Waals surface area contributed by atoms with Crippen LogP contribution in [0.2, 0.25) is 0 Å². The third-order valence-electron chi connectivity index (χ3n) is 6.08. The van der Waals surface area contributed by atoms with Gasteiger partial charge in [0.05, 0.1) is 33.0 Å². The van der Waals surface area contributed by atoms with Gasteiger partial charge in [0.2, 0.25) is 5.69 Å². The minimum atomic E-state index is 0.672. The van der Waals surface area contributed by atoms with Crippen LogP contribution in [-0.2, 0) is 11.3 Å². The van der Waals surface area contributed by atoms with Crippen molar-refractivity contribution >= 4 is 0 Å². The maximum atomic E-state index is 5.66. The molecule has 0 radical (unpaired) electrons. The molecule has 1 aliphatic heterocycles. The number of ether oxygens (including phenoxy) is 3. The van der Waals surface area contributed by atoms with Gasteiger partial charge in [0.15, 0.2) is 12.2 Å². The molecule has 0 bridgehead atoms. The lowest BCUT2D eigenvalue weighted by molar-refractivity contribution is -0.691. The zero-order valence-corrected chi connectivity index (χ0v) is 20.0. The number of benzene rings is 2. The third-order valence-corrected chi connectivity index (χ3v) is 6.08. The summed E-state index contributed by atoms with van der Waals surface area (Å²) in [6, 6.07) is 21.4. The molecule has 33 heavy (non-hydrogen) atoms. The summed E-state index contributed by atoms with van der Waals surface area (Å²) in [7, 11) is 0. The monoisotopic (exact) mass is 447 g/mol. The quantitative estimate of drug-likeness (QED) is 0.444. The second-order valence-corrected chi connectivity index (χ2v) is 8.29. The predicted octanol–water partition coefficient (Wildman–Crippen LogP) is 4.75. The molecule has 0 unspecified atom stereocenters. The van der Waals surface area contributed by atoms with Crippen LogP contribution in [0.4, 0.5) is 0 Å². The van der Waals surface area contributed by atoms with Crippen LogP contribution in [0.5, 0.6) is 11.5 Å².